The molecular formula is C15H24N2O4S. The third kappa shape index (κ3) is 4.45. The molecule has 1 amide bonds. The number of carbonyl (C=O) groups is 1. The van der Waals surface area contributed by atoms with Crippen LogP contribution in [0.3, 0.4) is 0 Å². The summed E-state index contributed by atoms with van der Waals surface area (Å²) in [6, 6.07) is 4.37. The van der Waals surface area contributed by atoms with Crippen LogP contribution in [0.1, 0.15) is 31.1 Å². The van der Waals surface area contributed by atoms with Gasteiger partial charge < -0.3 is 10.1 Å². The summed E-state index contributed by atoms with van der Waals surface area (Å²) in [7, 11) is -2.03. The van der Waals surface area contributed by atoms with Gasteiger partial charge in [0.05, 0.1) is 23.7 Å². The lowest BCUT2D eigenvalue weighted by Gasteiger charge is -2.27. The molecule has 1 N–H and O–H groups in total. The zero-order valence-corrected chi connectivity index (χ0v) is 14.5. The summed E-state index contributed by atoms with van der Waals surface area (Å²) in [5.41, 5.74) is 0.0980. The van der Waals surface area contributed by atoms with E-state index in [0.717, 1.165) is 19.3 Å². The van der Waals surface area contributed by atoms with Gasteiger partial charge in [0.1, 0.15) is 5.75 Å². The van der Waals surface area contributed by atoms with Crippen LogP contribution in [0, 0.1) is 0 Å². The van der Waals surface area contributed by atoms with Crippen LogP contribution in [-0.2, 0) is 9.84 Å². The molecular weight excluding hydrogens is 304 g/mol. The minimum Gasteiger partial charge on any atom is -0.497 e. The fraction of sp³-hybridized carbons (Fsp3) is 0.533. The Labute approximate surface area is 132 Å². The average Bonchev–Trinajstić information content (AvgIpc) is 2.46. The van der Waals surface area contributed by atoms with Crippen molar-refractivity contribution in [1.29, 1.82) is 0 Å². The van der Waals surface area contributed by atoms with Crippen molar-refractivity contribution in [3.63, 3.8) is 0 Å². The summed E-state index contributed by atoms with van der Waals surface area (Å²) in [6.45, 7) is 7.44. The van der Waals surface area contributed by atoms with Gasteiger partial charge in [-0.3, -0.25) is 9.69 Å². The molecule has 0 saturated heterocycles. The van der Waals surface area contributed by atoms with Crippen molar-refractivity contribution in [2.24, 2.45) is 0 Å². The fourth-order valence-electron chi connectivity index (χ4n) is 2.27. The van der Waals surface area contributed by atoms with Gasteiger partial charge in [-0.25, -0.2) is 8.42 Å². The number of hydrogen-bond acceptors (Lipinski definition) is 5. The zero-order valence-electron chi connectivity index (χ0n) is 13.7. The number of nitrogens with one attached hydrogen (secondary N) is 1. The van der Waals surface area contributed by atoms with E-state index in [1.807, 2.05) is 20.8 Å². The first-order valence-electron chi connectivity index (χ1n) is 7.17. The molecule has 1 aromatic rings. The minimum atomic E-state index is -3.50. The maximum Gasteiger partial charge on any atom is 0.253 e. The predicted molar refractivity (Wildman–Crippen MR) is 86.0 cm³/mol. The molecule has 124 valence electrons. The van der Waals surface area contributed by atoms with Gasteiger partial charge in [0.15, 0.2) is 9.84 Å². The molecule has 6 nitrogen and oxygen atoms in total. The highest BCUT2D eigenvalue weighted by atomic mass is 32.2. The number of sulfone groups is 1. The van der Waals surface area contributed by atoms with Crippen LogP contribution in [0.2, 0.25) is 0 Å². The molecule has 0 aliphatic rings. The third-order valence-electron chi connectivity index (χ3n) is 3.53. The van der Waals surface area contributed by atoms with E-state index in [2.05, 4.69) is 10.2 Å². The van der Waals surface area contributed by atoms with Gasteiger partial charge >= 0.3 is 0 Å². The number of carbonyl (C=O) groups excluding carboxylic acids is 1. The summed E-state index contributed by atoms with van der Waals surface area (Å²) in [6.07, 6.45) is 0.889. The van der Waals surface area contributed by atoms with Crippen molar-refractivity contribution >= 4 is 15.7 Å². The van der Waals surface area contributed by atoms with Gasteiger partial charge in [-0.15, -0.1) is 0 Å². The van der Waals surface area contributed by atoms with Gasteiger partial charge in [-0.2, -0.15) is 0 Å². The SMILES string of the molecule is CCN(CC)C(C)NC(=O)c1cc(OC)ccc1S(C)(=O)=O. The molecule has 1 unspecified atom stereocenters. The topological polar surface area (TPSA) is 75.7 Å². The van der Waals surface area contributed by atoms with Crippen LogP contribution in [0.25, 0.3) is 0 Å². The Hall–Kier alpha value is -1.60. The van der Waals surface area contributed by atoms with Crippen LogP contribution in [0.4, 0.5) is 0 Å². The number of hydrogen-bond donors (Lipinski definition) is 1. The maximum absolute atomic E-state index is 12.5. The van der Waals surface area contributed by atoms with E-state index in [-0.39, 0.29) is 16.6 Å². The van der Waals surface area contributed by atoms with E-state index >= 15 is 0 Å². The van der Waals surface area contributed by atoms with Crippen molar-refractivity contribution in [2.45, 2.75) is 31.8 Å². The number of ether oxygens (including phenoxy) is 1. The standard InChI is InChI=1S/C15H24N2O4S/c1-6-17(7-2)11(3)16-15(18)13-10-12(21-4)8-9-14(13)22(5,19)20/h8-11H,6-7H2,1-5H3,(H,16,18). The molecule has 0 radical (unpaired) electrons. The first-order chi connectivity index (χ1) is 10.2. The Kier molecular flexibility index (Phi) is 6.37. The second kappa shape index (κ2) is 7.60. The van der Waals surface area contributed by atoms with Crippen LogP contribution in [-0.4, -0.2) is 51.8 Å². The lowest BCUT2D eigenvalue weighted by Crippen LogP contribution is -2.46. The van der Waals surface area contributed by atoms with Crippen LogP contribution >= 0.6 is 0 Å². The second-order valence-electron chi connectivity index (χ2n) is 5.00. The summed E-state index contributed by atoms with van der Waals surface area (Å²) >= 11 is 0. The molecule has 1 aromatic carbocycles. The van der Waals surface area contributed by atoms with Crippen molar-refractivity contribution in [3.8, 4) is 5.75 Å². The second-order valence-corrected chi connectivity index (χ2v) is 6.99. The molecule has 22 heavy (non-hydrogen) atoms. The first kappa shape index (κ1) is 18.4. The summed E-state index contributed by atoms with van der Waals surface area (Å²) < 4.78 is 28.8. The highest BCUT2D eigenvalue weighted by Gasteiger charge is 2.22. The highest BCUT2D eigenvalue weighted by molar-refractivity contribution is 7.90. The molecule has 1 atom stereocenters. The minimum absolute atomic E-state index is 0.00227. The number of benzene rings is 1. The first-order valence-corrected chi connectivity index (χ1v) is 9.06. The molecule has 0 saturated carbocycles. The van der Waals surface area contributed by atoms with E-state index in [0.29, 0.717) is 5.75 Å². The molecule has 0 bridgehead atoms. The van der Waals surface area contributed by atoms with Crippen LogP contribution in [0.15, 0.2) is 23.1 Å². The van der Waals surface area contributed by atoms with Crippen LogP contribution < -0.4 is 10.1 Å². The van der Waals surface area contributed by atoms with E-state index in [4.69, 9.17) is 4.74 Å². The Bertz CT molecular complexity index is 624. The van der Waals surface area contributed by atoms with Gasteiger partial charge in [0.2, 0.25) is 0 Å². The summed E-state index contributed by atoms with van der Waals surface area (Å²) in [4.78, 5) is 14.5. The number of rotatable bonds is 7. The van der Waals surface area contributed by atoms with E-state index in [1.165, 1.54) is 25.3 Å². The van der Waals surface area contributed by atoms with Gasteiger partial charge in [-0.1, -0.05) is 13.8 Å². The van der Waals surface area contributed by atoms with E-state index in [9.17, 15) is 13.2 Å². The van der Waals surface area contributed by atoms with Gasteiger partial charge in [0, 0.05) is 6.26 Å². The lowest BCUT2D eigenvalue weighted by molar-refractivity contribution is 0.0871. The van der Waals surface area contributed by atoms with Crippen molar-refractivity contribution in [1.82, 2.24) is 10.2 Å². The molecule has 0 aliphatic carbocycles. The molecule has 0 fully saturated rings. The van der Waals surface area contributed by atoms with Crippen molar-refractivity contribution in [3.05, 3.63) is 23.8 Å². The van der Waals surface area contributed by atoms with Crippen molar-refractivity contribution < 1.29 is 17.9 Å². The Morgan fingerprint density at radius 3 is 2.36 bits per heavy atom. The Morgan fingerprint density at radius 2 is 1.91 bits per heavy atom. The maximum atomic E-state index is 12.5. The quantitative estimate of drug-likeness (QED) is 0.768. The van der Waals surface area contributed by atoms with E-state index < -0.39 is 15.7 Å². The zero-order chi connectivity index (χ0) is 16.9. The third-order valence-corrected chi connectivity index (χ3v) is 4.69. The van der Waals surface area contributed by atoms with Gasteiger partial charge in [-0.05, 0) is 38.2 Å². The summed E-state index contributed by atoms with van der Waals surface area (Å²) in [5.74, 6) is 0.00627. The largest absolute Gasteiger partial charge is 0.497 e. The monoisotopic (exact) mass is 328 g/mol. The molecule has 0 heterocycles. The molecule has 0 aromatic heterocycles. The predicted octanol–water partition coefficient (Wildman–Crippen LogP) is 1.52. The fourth-order valence-corrected chi connectivity index (χ4v) is 3.13. The highest BCUT2D eigenvalue weighted by Crippen LogP contribution is 2.22. The Balaban J connectivity index is 3.16. The van der Waals surface area contributed by atoms with Crippen molar-refractivity contribution in [2.75, 3.05) is 26.5 Å². The Morgan fingerprint density at radius 1 is 1.32 bits per heavy atom. The smallest absolute Gasteiger partial charge is 0.253 e. The normalized spacial score (nSPS) is 13.0. The number of methoxy groups -OCH3 is 1. The molecule has 7 heteroatoms. The number of nitrogens with zero attached hydrogens (tertiary/aromatic N) is 1. The average molecular weight is 328 g/mol. The molecule has 0 spiro atoms. The molecule has 1 rings (SSSR count). The van der Waals surface area contributed by atoms with Gasteiger partial charge in [0.25, 0.3) is 5.91 Å². The molecule has 0 aliphatic heterocycles. The lowest BCUT2D eigenvalue weighted by atomic mass is 10.2. The van der Waals surface area contributed by atoms with Crippen LogP contribution in [0.5, 0.6) is 5.75 Å². The number of amides is 1. The van der Waals surface area contributed by atoms with E-state index in [1.54, 1.807) is 0 Å². The summed E-state index contributed by atoms with van der Waals surface area (Å²) in [5, 5.41) is 2.83.